The maximum atomic E-state index is 9.36. The Balaban J connectivity index is 1.48. The third kappa shape index (κ3) is 3.88. The van der Waals surface area contributed by atoms with Crippen LogP contribution < -0.4 is 4.90 Å². The van der Waals surface area contributed by atoms with Crippen molar-refractivity contribution in [2.24, 2.45) is 5.92 Å². The first-order valence-electron chi connectivity index (χ1n) is 9.88. The molecule has 5 nitrogen and oxygen atoms in total. The molecular formula is C20H30N4OS. The van der Waals surface area contributed by atoms with Crippen LogP contribution in [0.5, 0.6) is 0 Å². The number of hydrogen-bond donors (Lipinski definition) is 1. The molecule has 4 rings (SSSR count). The average molecular weight is 375 g/mol. The van der Waals surface area contributed by atoms with Gasteiger partial charge in [0.05, 0.1) is 10.2 Å². The van der Waals surface area contributed by atoms with Crippen molar-refractivity contribution in [1.82, 2.24) is 14.8 Å². The highest BCUT2D eigenvalue weighted by atomic mass is 32.1. The van der Waals surface area contributed by atoms with Crippen molar-refractivity contribution in [3.63, 3.8) is 0 Å². The van der Waals surface area contributed by atoms with Crippen LogP contribution in [0.25, 0.3) is 10.2 Å². The fourth-order valence-electron chi connectivity index (χ4n) is 4.46. The first-order valence-corrected chi connectivity index (χ1v) is 10.7. The second-order valence-electron chi connectivity index (χ2n) is 7.73. The van der Waals surface area contributed by atoms with Gasteiger partial charge in [0.25, 0.3) is 0 Å². The normalized spacial score (nSPS) is 25.8. The van der Waals surface area contributed by atoms with Crippen LogP contribution in [0.3, 0.4) is 0 Å². The SMILES string of the molecule is CN1CCN([C@H]2CCN(c3nc4ccccc4s3)C[C@H]2CCCO)CC1. The van der Waals surface area contributed by atoms with Crippen molar-refractivity contribution in [2.45, 2.75) is 25.3 Å². The molecule has 3 heterocycles. The van der Waals surface area contributed by atoms with Gasteiger partial charge in [-0.15, -0.1) is 0 Å². The second kappa shape index (κ2) is 8.21. The minimum Gasteiger partial charge on any atom is -0.396 e. The van der Waals surface area contributed by atoms with Crippen LogP contribution in [0.4, 0.5) is 5.13 Å². The summed E-state index contributed by atoms with van der Waals surface area (Å²) in [6.45, 7) is 7.15. The van der Waals surface area contributed by atoms with Crippen LogP contribution in [-0.4, -0.2) is 78.9 Å². The Morgan fingerprint density at radius 2 is 1.96 bits per heavy atom. The molecule has 6 heteroatoms. The topological polar surface area (TPSA) is 42.8 Å². The molecule has 1 N–H and O–H groups in total. The molecule has 1 aromatic heterocycles. The molecule has 1 aromatic carbocycles. The highest BCUT2D eigenvalue weighted by Gasteiger charge is 2.34. The molecule has 2 aliphatic heterocycles. The largest absolute Gasteiger partial charge is 0.396 e. The number of piperidine rings is 1. The summed E-state index contributed by atoms with van der Waals surface area (Å²) in [7, 11) is 2.22. The van der Waals surface area contributed by atoms with Crippen molar-refractivity contribution < 1.29 is 5.11 Å². The molecule has 2 aliphatic rings. The summed E-state index contributed by atoms with van der Waals surface area (Å²) in [4.78, 5) is 12.5. The van der Waals surface area contributed by atoms with E-state index in [1.54, 1.807) is 0 Å². The number of likely N-dealkylation sites (N-methyl/N-ethyl adjacent to an activating group) is 1. The van der Waals surface area contributed by atoms with E-state index in [0.29, 0.717) is 18.6 Å². The number of aliphatic hydroxyl groups is 1. The van der Waals surface area contributed by atoms with Crippen molar-refractivity contribution in [3.8, 4) is 0 Å². The lowest BCUT2D eigenvalue weighted by Crippen LogP contribution is -2.56. The predicted octanol–water partition coefficient (Wildman–Crippen LogP) is 2.51. The Hall–Kier alpha value is -1.21. The number of rotatable bonds is 5. The maximum absolute atomic E-state index is 9.36. The van der Waals surface area contributed by atoms with Crippen molar-refractivity contribution in [3.05, 3.63) is 24.3 Å². The molecule has 2 aromatic rings. The highest BCUT2D eigenvalue weighted by Crippen LogP contribution is 2.34. The van der Waals surface area contributed by atoms with Crippen molar-refractivity contribution in [2.75, 3.05) is 57.8 Å². The Morgan fingerprint density at radius 3 is 2.73 bits per heavy atom. The molecule has 0 unspecified atom stereocenters. The summed E-state index contributed by atoms with van der Waals surface area (Å²) in [5, 5.41) is 10.5. The summed E-state index contributed by atoms with van der Waals surface area (Å²) >= 11 is 1.81. The van der Waals surface area contributed by atoms with Crippen LogP contribution in [0, 0.1) is 5.92 Å². The standard InChI is InChI=1S/C20H30N4OS/c1-22-10-12-23(13-11-22)18-8-9-24(15-16(18)5-4-14-25)20-21-17-6-2-3-7-19(17)26-20/h2-3,6-7,16,18,25H,4-5,8-15H2,1H3/t16-,18+/m1/s1. The minimum absolute atomic E-state index is 0.299. The fraction of sp³-hybridized carbons (Fsp3) is 0.650. The molecule has 0 saturated carbocycles. The maximum Gasteiger partial charge on any atom is 0.186 e. The van der Waals surface area contributed by atoms with Gasteiger partial charge in [-0.3, -0.25) is 4.90 Å². The van der Waals surface area contributed by atoms with Gasteiger partial charge < -0.3 is 14.9 Å². The van der Waals surface area contributed by atoms with Gasteiger partial charge in [0.2, 0.25) is 0 Å². The van der Waals surface area contributed by atoms with Crippen LogP contribution in [0.15, 0.2) is 24.3 Å². The van der Waals surface area contributed by atoms with E-state index in [2.05, 4.69) is 46.0 Å². The predicted molar refractivity (Wildman–Crippen MR) is 109 cm³/mol. The summed E-state index contributed by atoms with van der Waals surface area (Å²) in [5.74, 6) is 0.617. The summed E-state index contributed by atoms with van der Waals surface area (Å²) < 4.78 is 1.27. The van der Waals surface area contributed by atoms with Gasteiger partial charge in [-0.2, -0.15) is 0 Å². The molecule has 26 heavy (non-hydrogen) atoms. The first-order chi connectivity index (χ1) is 12.7. The van der Waals surface area contributed by atoms with Crippen LogP contribution in [0.1, 0.15) is 19.3 Å². The third-order valence-electron chi connectivity index (χ3n) is 5.99. The van der Waals surface area contributed by atoms with Crippen molar-refractivity contribution in [1.29, 1.82) is 0 Å². The monoisotopic (exact) mass is 374 g/mol. The number of para-hydroxylation sites is 1. The fourth-order valence-corrected chi connectivity index (χ4v) is 5.46. The number of piperazine rings is 1. The lowest BCUT2D eigenvalue weighted by Gasteiger charge is -2.46. The Morgan fingerprint density at radius 1 is 1.15 bits per heavy atom. The number of benzene rings is 1. The van der Waals surface area contributed by atoms with E-state index < -0.39 is 0 Å². The molecule has 2 saturated heterocycles. The molecule has 0 bridgehead atoms. The Bertz CT molecular complexity index is 680. The van der Waals surface area contributed by atoms with Gasteiger partial charge in [-0.1, -0.05) is 23.5 Å². The Labute approximate surface area is 160 Å². The van der Waals surface area contributed by atoms with Gasteiger partial charge in [0.1, 0.15) is 0 Å². The zero-order chi connectivity index (χ0) is 17.9. The quantitative estimate of drug-likeness (QED) is 0.871. The lowest BCUT2D eigenvalue weighted by molar-refractivity contribution is 0.0638. The summed E-state index contributed by atoms with van der Waals surface area (Å²) in [5.41, 5.74) is 1.11. The van der Waals surface area contributed by atoms with E-state index in [0.717, 1.165) is 36.6 Å². The lowest BCUT2D eigenvalue weighted by atomic mass is 9.87. The zero-order valence-electron chi connectivity index (χ0n) is 15.7. The molecule has 142 valence electrons. The van der Waals surface area contributed by atoms with Gasteiger partial charge in [0.15, 0.2) is 5.13 Å². The number of fused-ring (bicyclic) bond motifs is 1. The molecule has 0 radical (unpaired) electrons. The van der Waals surface area contributed by atoms with E-state index in [4.69, 9.17) is 4.98 Å². The second-order valence-corrected chi connectivity index (χ2v) is 8.74. The molecular weight excluding hydrogens is 344 g/mol. The highest BCUT2D eigenvalue weighted by molar-refractivity contribution is 7.22. The number of aromatic nitrogens is 1. The van der Waals surface area contributed by atoms with Gasteiger partial charge >= 0.3 is 0 Å². The Kier molecular flexibility index (Phi) is 5.74. The smallest absolute Gasteiger partial charge is 0.186 e. The molecule has 0 aliphatic carbocycles. The van der Waals surface area contributed by atoms with Crippen molar-refractivity contribution >= 4 is 26.7 Å². The number of hydrogen-bond acceptors (Lipinski definition) is 6. The van der Waals surface area contributed by atoms with E-state index in [1.165, 1.54) is 37.3 Å². The van der Waals surface area contributed by atoms with Gasteiger partial charge in [0, 0.05) is 51.9 Å². The summed E-state index contributed by atoms with van der Waals surface area (Å²) in [6, 6.07) is 9.08. The third-order valence-corrected chi connectivity index (χ3v) is 7.08. The number of nitrogens with zero attached hydrogens (tertiary/aromatic N) is 4. The minimum atomic E-state index is 0.299. The van der Waals surface area contributed by atoms with E-state index in [-0.39, 0.29) is 0 Å². The van der Waals surface area contributed by atoms with Gasteiger partial charge in [-0.25, -0.2) is 4.98 Å². The molecule has 2 fully saturated rings. The van der Waals surface area contributed by atoms with Gasteiger partial charge in [-0.05, 0) is 44.4 Å². The molecule has 0 amide bonds. The average Bonchev–Trinajstić information content (AvgIpc) is 3.11. The molecule has 0 spiro atoms. The number of anilines is 1. The van der Waals surface area contributed by atoms with E-state index in [1.807, 2.05) is 11.3 Å². The first kappa shape index (κ1) is 18.2. The van der Waals surface area contributed by atoms with Crippen LogP contribution in [-0.2, 0) is 0 Å². The van der Waals surface area contributed by atoms with Crippen LogP contribution in [0.2, 0.25) is 0 Å². The summed E-state index contributed by atoms with van der Waals surface area (Å²) in [6.07, 6.45) is 3.22. The van der Waals surface area contributed by atoms with Crippen LogP contribution >= 0.6 is 11.3 Å². The van der Waals surface area contributed by atoms with E-state index in [9.17, 15) is 5.11 Å². The number of aliphatic hydroxyl groups excluding tert-OH is 1. The molecule has 2 atom stereocenters. The zero-order valence-corrected chi connectivity index (χ0v) is 16.5. The number of thiazole rings is 1. The van der Waals surface area contributed by atoms with E-state index >= 15 is 0 Å².